The van der Waals surface area contributed by atoms with Gasteiger partial charge in [0.15, 0.2) is 0 Å². The SMILES string of the molecule is CNC(c1ccccc1)[C@@H](C)CN1CCN[C@@H](C)C1. The molecule has 1 saturated heterocycles. The zero-order valence-corrected chi connectivity index (χ0v) is 12.4. The standard InChI is InChI=1S/C16H27N3/c1-13(11-19-10-9-18-14(2)12-19)16(17-3)15-7-5-4-6-8-15/h4-8,13-14,16-18H,9-12H2,1-3H3/t13-,14-,16?/m0/s1. The molecule has 1 fully saturated rings. The van der Waals surface area contributed by atoms with Crippen LogP contribution in [0, 0.1) is 5.92 Å². The molecule has 0 aromatic heterocycles. The number of nitrogens with one attached hydrogen (secondary N) is 2. The monoisotopic (exact) mass is 261 g/mol. The zero-order chi connectivity index (χ0) is 13.7. The summed E-state index contributed by atoms with van der Waals surface area (Å²) < 4.78 is 0. The van der Waals surface area contributed by atoms with Crippen LogP contribution >= 0.6 is 0 Å². The summed E-state index contributed by atoms with van der Waals surface area (Å²) in [7, 11) is 2.06. The van der Waals surface area contributed by atoms with E-state index in [0.717, 1.165) is 19.6 Å². The normalized spacial score (nSPS) is 24.1. The Morgan fingerprint density at radius 2 is 2.11 bits per heavy atom. The van der Waals surface area contributed by atoms with Gasteiger partial charge in [-0.3, -0.25) is 0 Å². The summed E-state index contributed by atoms with van der Waals surface area (Å²) >= 11 is 0. The van der Waals surface area contributed by atoms with E-state index in [4.69, 9.17) is 0 Å². The number of hydrogen-bond donors (Lipinski definition) is 2. The molecule has 106 valence electrons. The second-order valence-electron chi connectivity index (χ2n) is 5.77. The van der Waals surface area contributed by atoms with Crippen molar-refractivity contribution in [3.05, 3.63) is 35.9 Å². The molecule has 0 radical (unpaired) electrons. The third-order valence-corrected chi connectivity index (χ3v) is 4.04. The lowest BCUT2D eigenvalue weighted by atomic mass is 9.94. The molecule has 2 rings (SSSR count). The van der Waals surface area contributed by atoms with Crippen molar-refractivity contribution in [2.75, 3.05) is 33.2 Å². The van der Waals surface area contributed by atoms with Gasteiger partial charge in [0.2, 0.25) is 0 Å². The number of hydrogen-bond acceptors (Lipinski definition) is 3. The van der Waals surface area contributed by atoms with Crippen LogP contribution in [0.2, 0.25) is 0 Å². The topological polar surface area (TPSA) is 27.3 Å². The highest BCUT2D eigenvalue weighted by Gasteiger charge is 2.22. The molecule has 3 nitrogen and oxygen atoms in total. The van der Waals surface area contributed by atoms with Crippen molar-refractivity contribution >= 4 is 0 Å². The van der Waals surface area contributed by atoms with Gasteiger partial charge >= 0.3 is 0 Å². The van der Waals surface area contributed by atoms with Gasteiger partial charge in [-0.15, -0.1) is 0 Å². The van der Waals surface area contributed by atoms with Crippen LogP contribution in [0.1, 0.15) is 25.5 Å². The maximum atomic E-state index is 3.50. The molecule has 0 spiro atoms. The first-order valence-corrected chi connectivity index (χ1v) is 7.38. The van der Waals surface area contributed by atoms with Crippen LogP contribution in [-0.2, 0) is 0 Å². The number of rotatable bonds is 5. The molecule has 3 atom stereocenters. The van der Waals surface area contributed by atoms with Crippen LogP contribution in [0.4, 0.5) is 0 Å². The van der Waals surface area contributed by atoms with Crippen LogP contribution in [-0.4, -0.2) is 44.2 Å². The molecule has 3 heteroatoms. The largest absolute Gasteiger partial charge is 0.313 e. The van der Waals surface area contributed by atoms with Crippen molar-refractivity contribution in [3.8, 4) is 0 Å². The van der Waals surface area contributed by atoms with Gasteiger partial charge in [-0.05, 0) is 25.5 Å². The highest BCUT2D eigenvalue weighted by Crippen LogP contribution is 2.22. The molecule has 19 heavy (non-hydrogen) atoms. The first-order valence-electron chi connectivity index (χ1n) is 7.38. The van der Waals surface area contributed by atoms with E-state index in [0.29, 0.717) is 18.0 Å². The summed E-state index contributed by atoms with van der Waals surface area (Å²) in [5, 5.41) is 6.98. The fourth-order valence-electron chi connectivity index (χ4n) is 3.13. The molecule has 1 aromatic carbocycles. The van der Waals surface area contributed by atoms with Crippen molar-refractivity contribution in [3.63, 3.8) is 0 Å². The Bertz CT molecular complexity index is 366. The number of benzene rings is 1. The lowest BCUT2D eigenvalue weighted by molar-refractivity contribution is 0.169. The van der Waals surface area contributed by atoms with E-state index in [1.165, 1.54) is 12.1 Å². The fraction of sp³-hybridized carbons (Fsp3) is 0.625. The molecule has 0 saturated carbocycles. The van der Waals surface area contributed by atoms with Gasteiger partial charge in [-0.1, -0.05) is 37.3 Å². The van der Waals surface area contributed by atoms with Gasteiger partial charge in [0, 0.05) is 38.3 Å². The average Bonchev–Trinajstić information content (AvgIpc) is 2.41. The predicted octanol–water partition coefficient (Wildman–Crippen LogP) is 1.88. The molecule has 0 bridgehead atoms. The average molecular weight is 261 g/mol. The van der Waals surface area contributed by atoms with Crippen molar-refractivity contribution in [1.29, 1.82) is 0 Å². The van der Waals surface area contributed by atoms with Gasteiger partial charge in [0.05, 0.1) is 0 Å². The van der Waals surface area contributed by atoms with Crippen LogP contribution < -0.4 is 10.6 Å². The minimum atomic E-state index is 0.436. The molecular formula is C16H27N3. The fourth-order valence-corrected chi connectivity index (χ4v) is 3.13. The smallest absolute Gasteiger partial charge is 0.0355 e. The van der Waals surface area contributed by atoms with Crippen LogP contribution in [0.3, 0.4) is 0 Å². The Morgan fingerprint density at radius 3 is 2.74 bits per heavy atom. The zero-order valence-electron chi connectivity index (χ0n) is 12.4. The molecule has 1 aliphatic rings. The highest BCUT2D eigenvalue weighted by molar-refractivity contribution is 5.19. The summed E-state index contributed by atoms with van der Waals surface area (Å²) in [6.07, 6.45) is 0. The van der Waals surface area contributed by atoms with Gasteiger partial charge < -0.3 is 15.5 Å². The maximum absolute atomic E-state index is 3.50. The Hall–Kier alpha value is -0.900. The molecule has 2 N–H and O–H groups in total. The second kappa shape index (κ2) is 7.04. The molecule has 1 unspecified atom stereocenters. The second-order valence-corrected chi connectivity index (χ2v) is 5.77. The minimum absolute atomic E-state index is 0.436. The Balaban J connectivity index is 1.95. The molecule has 0 amide bonds. The minimum Gasteiger partial charge on any atom is -0.313 e. The van der Waals surface area contributed by atoms with Crippen molar-refractivity contribution in [2.24, 2.45) is 5.92 Å². The first kappa shape index (κ1) is 14.5. The summed E-state index contributed by atoms with van der Waals surface area (Å²) in [5.74, 6) is 0.609. The third-order valence-electron chi connectivity index (χ3n) is 4.04. The van der Waals surface area contributed by atoms with E-state index in [9.17, 15) is 0 Å². The molecular weight excluding hydrogens is 234 g/mol. The van der Waals surface area contributed by atoms with E-state index >= 15 is 0 Å². The lowest BCUT2D eigenvalue weighted by Gasteiger charge is -2.35. The molecule has 1 heterocycles. The summed E-state index contributed by atoms with van der Waals surface area (Å²) in [5.41, 5.74) is 1.39. The molecule has 1 aliphatic heterocycles. The lowest BCUT2D eigenvalue weighted by Crippen LogP contribution is -2.50. The summed E-state index contributed by atoms with van der Waals surface area (Å²) in [6, 6.07) is 11.8. The Kier molecular flexibility index (Phi) is 5.37. The Morgan fingerprint density at radius 1 is 1.37 bits per heavy atom. The van der Waals surface area contributed by atoms with Gasteiger partial charge in [0.1, 0.15) is 0 Å². The summed E-state index contributed by atoms with van der Waals surface area (Å²) in [4.78, 5) is 2.58. The first-order chi connectivity index (χ1) is 9.20. The van der Waals surface area contributed by atoms with Crippen molar-refractivity contribution < 1.29 is 0 Å². The van der Waals surface area contributed by atoms with E-state index < -0.39 is 0 Å². The molecule has 0 aliphatic carbocycles. The van der Waals surface area contributed by atoms with E-state index in [-0.39, 0.29) is 0 Å². The van der Waals surface area contributed by atoms with Gasteiger partial charge in [-0.2, -0.15) is 0 Å². The van der Waals surface area contributed by atoms with E-state index in [1.54, 1.807) is 0 Å². The number of piperazine rings is 1. The highest BCUT2D eigenvalue weighted by atomic mass is 15.2. The van der Waals surface area contributed by atoms with E-state index in [1.807, 2.05) is 0 Å². The maximum Gasteiger partial charge on any atom is 0.0355 e. The summed E-state index contributed by atoms with van der Waals surface area (Å²) in [6.45, 7) is 9.22. The van der Waals surface area contributed by atoms with Crippen LogP contribution in [0.25, 0.3) is 0 Å². The quantitative estimate of drug-likeness (QED) is 0.847. The van der Waals surface area contributed by atoms with E-state index in [2.05, 4.69) is 66.8 Å². The number of nitrogens with zero attached hydrogens (tertiary/aromatic N) is 1. The van der Waals surface area contributed by atoms with Crippen LogP contribution in [0.5, 0.6) is 0 Å². The Labute approximate surface area is 117 Å². The van der Waals surface area contributed by atoms with Gasteiger partial charge in [-0.25, -0.2) is 0 Å². The van der Waals surface area contributed by atoms with Gasteiger partial charge in [0.25, 0.3) is 0 Å². The van der Waals surface area contributed by atoms with Crippen LogP contribution in [0.15, 0.2) is 30.3 Å². The van der Waals surface area contributed by atoms with Crippen molar-refractivity contribution in [1.82, 2.24) is 15.5 Å². The predicted molar refractivity (Wildman–Crippen MR) is 81.3 cm³/mol. The molecule has 1 aromatic rings. The third kappa shape index (κ3) is 4.03. The van der Waals surface area contributed by atoms with Crippen molar-refractivity contribution in [2.45, 2.75) is 25.9 Å².